The second-order valence-electron chi connectivity index (χ2n) is 5.95. The van der Waals surface area contributed by atoms with Crippen molar-refractivity contribution < 1.29 is 19.4 Å². The average molecular weight is 334 g/mol. The first-order valence-corrected chi connectivity index (χ1v) is 7.55. The summed E-state index contributed by atoms with van der Waals surface area (Å²) >= 11 is 0. The number of H-pyrrole nitrogens is 1. The van der Waals surface area contributed by atoms with Crippen molar-refractivity contribution in [2.24, 2.45) is 5.41 Å². The number of methoxy groups -OCH3 is 1. The van der Waals surface area contributed by atoms with E-state index in [2.05, 4.69) is 9.97 Å². The van der Waals surface area contributed by atoms with Crippen LogP contribution in [0.15, 0.2) is 23.3 Å². The molecule has 24 heavy (non-hydrogen) atoms. The van der Waals surface area contributed by atoms with E-state index in [1.54, 1.807) is 0 Å². The number of carboxylic acid groups (broad SMARTS) is 1. The molecule has 1 amide bonds. The van der Waals surface area contributed by atoms with Crippen LogP contribution in [0.5, 0.6) is 0 Å². The smallest absolute Gasteiger partial charge is 0.331 e. The van der Waals surface area contributed by atoms with Crippen LogP contribution >= 0.6 is 0 Å². The van der Waals surface area contributed by atoms with Crippen LogP contribution in [-0.2, 0) is 9.53 Å². The van der Waals surface area contributed by atoms with E-state index in [4.69, 9.17) is 4.74 Å². The number of amides is 1. The van der Waals surface area contributed by atoms with Crippen molar-refractivity contribution in [3.63, 3.8) is 0 Å². The number of carboxylic acids is 1. The van der Waals surface area contributed by atoms with Gasteiger partial charge in [0, 0.05) is 45.3 Å². The van der Waals surface area contributed by atoms with Gasteiger partial charge in [-0.05, 0) is 12.8 Å². The van der Waals surface area contributed by atoms with Gasteiger partial charge in [0.05, 0.1) is 5.41 Å². The maximum atomic E-state index is 12.6. The van der Waals surface area contributed by atoms with Gasteiger partial charge in [-0.2, -0.15) is 0 Å². The minimum atomic E-state index is -1.01. The lowest BCUT2D eigenvalue weighted by Crippen LogP contribution is -2.38. The number of nitrogens with zero attached hydrogens (tertiary/aromatic N) is 3. The Morgan fingerprint density at radius 3 is 3.00 bits per heavy atom. The Balaban J connectivity index is 1.85. The van der Waals surface area contributed by atoms with E-state index in [1.165, 1.54) is 34.9 Å². The molecule has 3 rings (SSSR count). The first-order valence-electron chi connectivity index (χ1n) is 7.55. The minimum Gasteiger partial charge on any atom is -0.481 e. The summed E-state index contributed by atoms with van der Waals surface area (Å²) in [7, 11) is 1.51. The number of nitrogens with one attached hydrogen (secondary N) is 1. The fourth-order valence-electron chi connectivity index (χ4n) is 3.05. The van der Waals surface area contributed by atoms with Crippen molar-refractivity contribution >= 4 is 17.5 Å². The number of aromatic amines is 1. The molecule has 1 aliphatic heterocycles. The number of ether oxygens (including phenoxy) is 1. The Morgan fingerprint density at radius 1 is 1.50 bits per heavy atom. The second kappa shape index (κ2) is 6.08. The number of rotatable bonds is 5. The van der Waals surface area contributed by atoms with Crippen LogP contribution in [-0.4, -0.2) is 63.1 Å². The van der Waals surface area contributed by atoms with E-state index in [9.17, 15) is 19.5 Å². The van der Waals surface area contributed by atoms with Gasteiger partial charge < -0.3 is 19.7 Å². The van der Waals surface area contributed by atoms with Crippen LogP contribution in [0.25, 0.3) is 5.65 Å². The number of hydrogen-bond donors (Lipinski definition) is 2. The third-order valence-corrected chi connectivity index (χ3v) is 4.51. The topological polar surface area (TPSA) is 117 Å². The highest BCUT2D eigenvalue weighted by atomic mass is 16.5. The predicted molar refractivity (Wildman–Crippen MR) is 82.9 cm³/mol. The molecule has 3 heterocycles. The second-order valence-corrected chi connectivity index (χ2v) is 5.95. The molecule has 0 spiro atoms. The van der Waals surface area contributed by atoms with Gasteiger partial charge >= 0.3 is 11.7 Å². The van der Waals surface area contributed by atoms with Gasteiger partial charge in [-0.25, -0.2) is 9.78 Å². The molecule has 0 aliphatic carbocycles. The molecule has 0 radical (unpaired) electrons. The fraction of sp³-hybridized carbons (Fsp3) is 0.467. The molecule has 1 fully saturated rings. The Labute approximate surface area is 136 Å². The van der Waals surface area contributed by atoms with Gasteiger partial charge in [0.1, 0.15) is 11.3 Å². The Hall–Kier alpha value is -2.68. The average Bonchev–Trinajstić information content (AvgIpc) is 3.20. The number of hydrogen-bond acceptors (Lipinski definition) is 5. The van der Waals surface area contributed by atoms with Gasteiger partial charge in [-0.15, -0.1) is 0 Å². The zero-order valence-corrected chi connectivity index (χ0v) is 13.2. The molecule has 0 aromatic carbocycles. The summed E-state index contributed by atoms with van der Waals surface area (Å²) in [4.78, 5) is 44.2. The zero-order valence-electron chi connectivity index (χ0n) is 13.2. The van der Waals surface area contributed by atoms with Crippen LogP contribution < -0.4 is 5.69 Å². The first kappa shape index (κ1) is 16.2. The normalized spacial score (nSPS) is 20.6. The van der Waals surface area contributed by atoms with E-state index in [0.29, 0.717) is 31.6 Å². The van der Waals surface area contributed by atoms with Crippen LogP contribution in [0.4, 0.5) is 0 Å². The number of aromatic nitrogens is 3. The van der Waals surface area contributed by atoms with Crippen molar-refractivity contribution in [1.29, 1.82) is 0 Å². The summed E-state index contributed by atoms with van der Waals surface area (Å²) in [5, 5.41) is 9.55. The SMILES string of the molecule is COCCC1(C(=O)O)CCN(C(=O)c2cc3nccn3c(=O)[nH]2)C1. The van der Waals surface area contributed by atoms with E-state index in [-0.39, 0.29) is 12.2 Å². The first-order chi connectivity index (χ1) is 11.5. The van der Waals surface area contributed by atoms with Crippen molar-refractivity contribution in [1.82, 2.24) is 19.3 Å². The monoisotopic (exact) mass is 334 g/mol. The molecule has 2 aromatic rings. The summed E-state index contributed by atoms with van der Waals surface area (Å²) in [5.41, 5.74) is -1.00. The molecule has 2 aromatic heterocycles. The maximum absolute atomic E-state index is 12.6. The van der Waals surface area contributed by atoms with Crippen LogP contribution in [0, 0.1) is 5.41 Å². The minimum absolute atomic E-state index is 0.0895. The lowest BCUT2D eigenvalue weighted by atomic mass is 9.84. The molecule has 2 N–H and O–H groups in total. The van der Waals surface area contributed by atoms with E-state index in [0.717, 1.165) is 0 Å². The summed E-state index contributed by atoms with van der Waals surface area (Å²) in [5.74, 6) is -1.34. The van der Waals surface area contributed by atoms with Crippen LogP contribution in [0.2, 0.25) is 0 Å². The molecule has 0 saturated carbocycles. The maximum Gasteiger partial charge on any atom is 0.331 e. The van der Waals surface area contributed by atoms with Crippen molar-refractivity contribution in [2.75, 3.05) is 26.8 Å². The van der Waals surface area contributed by atoms with Crippen molar-refractivity contribution in [3.05, 3.63) is 34.6 Å². The highest BCUT2D eigenvalue weighted by molar-refractivity contribution is 5.94. The fourth-order valence-corrected chi connectivity index (χ4v) is 3.05. The van der Waals surface area contributed by atoms with Gasteiger partial charge in [0.25, 0.3) is 5.91 Å². The number of carbonyl (C=O) groups is 2. The van der Waals surface area contributed by atoms with Gasteiger partial charge in [0.2, 0.25) is 0 Å². The van der Waals surface area contributed by atoms with Gasteiger partial charge in [0.15, 0.2) is 0 Å². The lowest BCUT2D eigenvalue weighted by molar-refractivity contribution is -0.149. The molecule has 9 heteroatoms. The number of likely N-dealkylation sites (tertiary alicyclic amines) is 1. The highest BCUT2D eigenvalue weighted by Crippen LogP contribution is 2.35. The van der Waals surface area contributed by atoms with E-state index in [1.807, 2.05) is 0 Å². The summed E-state index contributed by atoms with van der Waals surface area (Å²) in [6, 6.07) is 1.49. The van der Waals surface area contributed by atoms with Crippen LogP contribution in [0.3, 0.4) is 0 Å². The predicted octanol–water partition coefficient (Wildman–Crippen LogP) is -0.0240. The lowest BCUT2D eigenvalue weighted by Gasteiger charge is -2.24. The molecule has 1 unspecified atom stereocenters. The number of carbonyl (C=O) groups excluding carboxylic acids is 1. The Morgan fingerprint density at radius 2 is 2.29 bits per heavy atom. The van der Waals surface area contributed by atoms with Crippen LogP contribution in [0.1, 0.15) is 23.3 Å². The summed E-state index contributed by atoms with van der Waals surface area (Å²) in [6.45, 7) is 0.716. The Kier molecular flexibility index (Phi) is 4.10. The summed E-state index contributed by atoms with van der Waals surface area (Å²) in [6.07, 6.45) is 3.65. The zero-order chi connectivity index (χ0) is 17.3. The van der Waals surface area contributed by atoms with Gasteiger partial charge in [-0.3, -0.25) is 14.0 Å². The molecule has 1 aliphatic rings. The van der Waals surface area contributed by atoms with E-state index >= 15 is 0 Å². The van der Waals surface area contributed by atoms with Crippen molar-refractivity contribution in [2.45, 2.75) is 12.8 Å². The van der Waals surface area contributed by atoms with E-state index < -0.39 is 23.0 Å². The molecule has 1 saturated heterocycles. The molecular weight excluding hydrogens is 316 g/mol. The number of imidazole rings is 1. The third kappa shape index (κ3) is 2.67. The number of aliphatic carboxylic acids is 1. The van der Waals surface area contributed by atoms with Gasteiger partial charge in [-0.1, -0.05) is 0 Å². The summed E-state index contributed by atoms with van der Waals surface area (Å²) < 4.78 is 6.28. The standard InChI is InChI=1S/C15H18N4O5/c1-24-7-3-15(13(21)22)2-5-18(9-15)12(20)10-8-11-16-4-6-19(11)14(23)17-10/h4,6,8H,2-3,5,7,9H2,1H3,(H,17,23)(H,21,22). The molecule has 9 nitrogen and oxygen atoms in total. The van der Waals surface area contributed by atoms with Crippen molar-refractivity contribution in [3.8, 4) is 0 Å². The quantitative estimate of drug-likeness (QED) is 0.793. The largest absolute Gasteiger partial charge is 0.481 e. The molecule has 1 atom stereocenters. The Bertz CT molecular complexity index is 842. The molecular formula is C15H18N4O5. The molecule has 128 valence electrons. The highest BCUT2D eigenvalue weighted by Gasteiger charge is 2.46. The number of fused-ring (bicyclic) bond motifs is 1. The third-order valence-electron chi connectivity index (χ3n) is 4.51. The molecule has 0 bridgehead atoms.